The van der Waals surface area contributed by atoms with Crippen LogP contribution in [0.25, 0.3) is 0 Å². The van der Waals surface area contributed by atoms with E-state index in [1.807, 2.05) is 12.1 Å². The van der Waals surface area contributed by atoms with E-state index in [1.54, 1.807) is 13.2 Å². The van der Waals surface area contributed by atoms with Crippen molar-refractivity contribution in [2.75, 3.05) is 13.7 Å². The predicted molar refractivity (Wildman–Crippen MR) is 83.7 cm³/mol. The maximum Gasteiger partial charge on any atom is 0.170 e. The van der Waals surface area contributed by atoms with Gasteiger partial charge in [-0.2, -0.15) is 0 Å². The Kier molecular flexibility index (Phi) is 4.73. The SMILES string of the molecule is COc1ccc(/C(N)=N/O)cc1CNCC1(C(C)C)CC1. The summed E-state index contributed by atoms with van der Waals surface area (Å²) in [6.07, 6.45) is 2.61. The van der Waals surface area contributed by atoms with Crippen molar-refractivity contribution in [3.63, 3.8) is 0 Å². The maximum absolute atomic E-state index is 8.77. The molecule has 0 saturated heterocycles. The molecule has 0 unspecified atom stereocenters. The molecule has 0 aromatic heterocycles. The fraction of sp³-hybridized carbons (Fsp3) is 0.562. The minimum atomic E-state index is 0.111. The second kappa shape index (κ2) is 6.35. The maximum atomic E-state index is 8.77. The van der Waals surface area contributed by atoms with Gasteiger partial charge in [0.15, 0.2) is 5.84 Å². The lowest BCUT2D eigenvalue weighted by Crippen LogP contribution is -2.27. The standard InChI is InChI=1S/C16H25N3O2/c1-11(2)16(6-7-16)10-18-9-13-8-12(15(17)19-20)4-5-14(13)21-3/h4-5,8,11,18,20H,6-7,9-10H2,1-3H3,(H2,17,19). The van der Waals surface area contributed by atoms with E-state index in [0.717, 1.165) is 17.9 Å². The molecule has 0 spiro atoms. The summed E-state index contributed by atoms with van der Waals surface area (Å²) in [6.45, 7) is 6.30. The van der Waals surface area contributed by atoms with E-state index >= 15 is 0 Å². The summed E-state index contributed by atoms with van der Waals surface area (Å²) in [7, 11) is 1.65. The normalized spacial score (nSPS) is 17.0. The molecule has 1 fully saturated rings. The minimum absolute atomic E-state index is 0.111. The highest BCUT2D eigenvalue weighted by Crippen LogP contribution is 2.51. The van der Waals surface area contributed by atoms with E-state index in [-0.39, 0.29) is 5.84 Å². The summed E-state index contributed by atoms with van der Waals surface area (Å²) in [6, 6.07) is 5.53. The Morgan fingerprint density at radius 1 is 1.48 bits per heavy atom. The molecule has 21 heavy (non-hydrogen) atoms. The number of benzene rings is 1. The van der Waals surface area contributed by atoms with Crippen LogP contribution in [-0.4, -0.2) is 24.7 Å². The van der Waals surface area contributed by atoms with E-state index in [9.17, 15) is 0 Å². The van der Waals surface area contributed by atoms with Gasteiger partial charge in [0, 0.05) is 24.2 Å². The molecule has 1 aliphatic carbocycles. The van der Waals surface area contributed by atoms with Gasteiger partial charge in [0.2, 0.25) is 0 Å². The Morgan fingerprint density at radius 2 is 2.19 bits per heavy atom. The van der Waals surface area contributed by atoms with E-state index in [4.69, 9.17) is 15.7 Å². The van der Waals surface area contributed by atoms with Gasteiger partial charge in [0.25, 0.3) is 0 Å². The molecule has 5 heteroatoms. The average molecular weight is 291 g/mol. The van der Waals surface area contributed by atoms with Crippen LogP contribution in [0.1, 0.15) is 37.8 Å². The summed E-state index contributed by atoms with van der Waals surface area (Å²) >= 11 is 0. The Balaban J connectivity index is 2.04. The monoisotopic (exact) mass is 291 g/mol. The Morgan fingerprint density at radius 3 is 2.71 bits per heavy atom. The van der Waals surface area contributed by atoms with Crippen LogP contribution in [0.3, 0.4) is 0 Å². The van der Waals surface area contributed by atoms with Crippen molar-refractivity contribution in [1.82, 2.24) is 5.32 Å². The zero-order valence-electron chi connectivity index (χ0n) is 13.0. The van der Waals surface area contributed by atoms with Gasteiger partial charge >= 0.3 is 0 Å². The predicted octanol–water partition coefficient (Wildman–Crippen LogP) is 2.32. The van der Waals surface area contributed by atoms with Gasteiger partial charge in [-0.15, -0.1) is 0 Å². The molecule has 1 aliphatic rings. The van der Waals surface area contributed by atoms with Crippen LogP contribution < -0.4 is 15.8 Å². The van der Waals surface area contributed by atoms with Crippen LogP contribution in [0.15, 0.2) is 23.4 Å². The number of hydrogen-bond acceptors (Lipinski definition) is 4. The van der Waals surface area contributed by atoms with E-state index in [1.165, 1.54) is 12.8 Å². The van der Waals surface area contributed by atoms with Gasteiger partial charge in [-0.1, -0.05) is 19.0 Å². The number of methoxy groups -OCH3 is 1. The highest BCUT2D eigenvalue weighted by Gasteiger charge is 2.44. The van der Waals surface area contributed by atoms with Crippen molar-refractivity contribution >= 4 is 5.84 Å². The van der Waals surface area contributed by atoms with Crippen molar-refractivity contribution in [2.45, 2.75) is 33.2 Å². The third-order valence-electron chi connectivity index (χ3n) is 4.59. The molecule has 0 atom stereocenters. The number of hydrogen-bond donors (Lipinski definition) is 3. The van der Waals surface area contributed by atoms with Crippen LogP contribution in [0, 0.1) is 11.3 Å². The summed E-state index contributed by atoms with van der Waals surface area (Å²) < 4.78 is 5.38. The lowest BCUT2D eigenvalue weighted by molar-refractivity contribution is 0.318. The van der Waals surface area contributed by atoms with E-state index in [0.29, 0.717) is 23.4 Å². The zero-order chi connectivity index (χ0) is 15.5. The van der Waals surface area contributed by atoms with Crippen molar-refractivity contribution in [3.05, 3.63) is 29.3 Å². The molecule has 0 amide bonds. The first-order valence-electron chi connectivity index (χ1n) is 7.38. The van der Waals surface area contributed by atoms with Gasteiger partial charge in [-0.3, -0.25) is 0 Å². The molecule has 0 radical (unpaired) electrons. The van der Waals surface area contributed by atoms with Gasteiger partial charge in [0.05, 0.1) is 7.11 Å². The number of nitrogens with zero attached hydrogens (tertiary/aromatic N) is 1. The molecule has 0 bridgehead atoms. The van der Waals surface area contributed by atoms with E-state index < -0.39 is 0 Å². The number of rotatable bonds is 7. The molecular weight excluding hydrogens is 266 g/mol. The van der Waals surface area contributed by atoms with Gasteiger partial charge < -0.3 is 21.0 Å². The summed E-state index contributed by atoms with van der Waals surface area (Å²) in [5.41, 5.74) is 7.82. The third kappa shape index (κ3) is 3.47. The van der Waals surface area contributed by atoms with Crippen LogP contribution >= 0.6 is 0 Å². The van der Waals surface area contributed by atoms with Crippen LogP contribution in [0.2, 0.25) is 0 Å². The number of amidine groups is 1. The first kappa shape index (κ1) is 15.6. The van der Waals surface area contributed by atoms with Crippen molar-refractivity contribution < 1.29 is 9.94 Å². The molecule has 4 N–H and O–H groups in total. The molecule has 1 aromatic carbocycles. The summed E-state index contributed by atoms with van der Waals surface area (Å²) in [4.78, 5) is 0. The van der Waals surface area contributed by atoms with Gasteiger partial charge in [-0.05, 0) is 42.4 Å². The first-order chi connectivity index (χ1) is 10.0. The largest absolute Gasteiger partial charge is 0.496 e. The second-order valence-electron chi connectivity index (χ2n) is 6.13. The highest BCUT2D eigenvalue weighted by atomic mass is 16.5. The Hall–Kier alpha value is -1.75. The molecule has 0 heterocycles. The third-order valence-corrected chi connectivity index (χ3v) is 4.59. The number of nitrogens with one attached hydrogen (secondary N) is 1. The van der Waals surface area contributed by atoms with Crippen molar-refractivity contribution in [3.8, 4) is 5.75 Å². The Labute approximate surface area is 126 Å². The lowest BCUT2D eigenvalue weighted by Gasteiger charge is -2.20. The second-order valence-corrected chi connectivity index (χ2v) is 6.13. The minimum Gasteiger partial charge on any atom is -0.496 e. The number of oxime groups is 1. The van der Waals surface area contributed by atoms with Crippen molar-refractivity contribution in [1.29, 1.82) is 0 Å². The quantitative estimate of drug-likeness (QED) is 0.312. The molecule has 116 valence electrons. The van der Waals surface area contributed by atoms with E-state index in [2.05, 4.69) is 24.3 Å². The van der Waals surface area contributed by atoms with Crippen LogP contribution in [0.4, 0.5) is 0 Å². The van der Waals surface area contributed by atoms with Gasteiger partial charge in [0.1, 0.15) is 5.75 Å². The van der Waals surface area contributed by atoms with Gasteiger partial charge in [-0.25, -0.2) is 0 Å². The number of ether oxygens (including phenoxy) is 1. The topological polar surface area (TPSA) is 79.9 Å². The fourth-order valence-electron chi connectivity index (χ4n) is 2.70. The molecule has 1 saturated carbocycles. The molecule has 0 aliphatic heterocycles. The van der Waals surface area contributed by atoms with Crippen LogP contribution in [-0.2, 0) is 6.54 Å². The smallest absolute Gasteiger partial charge is 0.170 e. The molecular formula is C16H25N3O2. The lowest BCUT2D eigenvalue weighted by atomic mass is 9.92. The summed E-state index contributed by atoms with van der Waals surface area (Å²) in [5.74, 6) is 1.63. The highest BCUT2D eigenvalue weighted by molar-refractivity contribution is 5.97. The van der Waals surface area contributed by atoms with Crippen LogP contribution in [0.5, 0.6) is 5.75 Å². The average Bonchev–Trinajstić information content (AvgIpc) is 3.27. The fourth-order valence-corrected chi connectivity index (χ4v) is 2.70. The first-order valence-corrected chi connectivity index (χ1v) is 7.38. The van der Waals surface area contributed by atoms with Crippen molar-refractivity contribution in [2.24, 2.45) is 22.2 Å². The molecule has 2 rings (SSSR count). The summed E-state index contributed by atoms with van der Waals surface area (Å²) in [5, 5.41) is 15.3. The molecule has 5 nitrogen and oxygen atoms in total. The number of nitrogens with two attached hydrogens (primary N) is 1. The zero-order valence-corrected chi connectivity index (χ0v) is 13.0. The molecule has 1 aromatic rings. The Bertz CT molecular complexity index is 522.